The first-order chi connectivity index (χ1) is 12.6. The molecule has 0 bridgehead atoms. The zero-order valence-electron chi connectivity index (χ0n) is 14.6. The summed E-state index contributed by atoms with van der Waals surface area (Å²) in [6.07, 6.45) is 1.90. The van der Waals surface area contributed by atoms with Crippen LogP contribution in [-0.4, -0.2) is 25.5 Å². The summed E-state index contributed by atoms with van der Waals surface area (Å²) >= 11 is 1.61. The number of hydrogen-bond acceptors (Lipinski definition) is 5. The van der Waals surface area contributed by atoms with Crippen LogP contribution in [0.15, 0.2) is 53.9 Å². The number of carbonyl (C=O) groups is 1. The molecule has 0 aliphatic rings. The van der Waals surface area contributed by atoms with E-state index >= 15 is 0 Å². The zero-order valence-corrected chi connectivity index (χ0v) is 15.4. The maximum absolute atomic E-state index is 12.7. The molecule has 0 N–H and O–H groups in total. The number of carbonyl (C=O) groups excluding carboxylic acids is 1. The van der Waals surface area contributed by atoms with Gasteiger partial charge in [0, 0.05) is 18.7 Å². The summed E-state index contributed by atoms with van der Waals surface area (Å²) in [6.45, 7) is 1.42. The highest BCUT2D eigenvalue weighted by Gasteiger charge is 2.14. The lowest BCUT2D eigenvalue weighted by molar-refractivity contribution is 0.0988. The van der Waals surface area contributed by atoms with Gasteiger partial charge in [-0.1, -0.05) is 42.1 Å². The lowest BCUT2D eigenvalue weighted by Gasteiger charge is -2.12. The highest BCUT2D eigenvalue weighted by molar-refractivity contribution is 7.99. The molecule has 1 atom stereocenters. The van der Waals surface area contributed by atoms with Gasteiger partial charge in [0.25, 0.3) is 0 Å². The molecular weight excluding hydrogens is 351 g/mol. The van der Waals surface area contributed by atoms with Crippen LogP contribution in [-0.2, 0) is 20.1 Å². The van der Waals surface area contributed by atoms with Gasteiger partial charge in [0.2, 0.25) is 0 Å². The second-order valence-corrected chi connectivity index (χ2v) is 7.29. The Morgan fingerprint density at radius 2 is 2.08 bits per heavy atom. The van der Waals surface area contributed by atoms with E-state index in [-0.39, 0.29) is 23.1 Å². The number of benzene rings is 1. The van der Waals surface area contributed by atoms with Gasteiger partial charge in [0.15, 0.2) is 10.9 Å². The van der Waals surface area contributed by atoms with Crippen molar-refractivity contribution in [2.45, 2.75) is 30.4 Å². The predicted octanol–water partition coefficient (Wildman–Crippen LogP) is 3.96. The van der Waals surface area contributed by atoms with E-state index in [1.807, 2.05) is 35.9 Å². The van der Waals surface area contributed by atoms with E-state index in [0.717, 1.165) is 16.3 Å². The van der Waals surface area contributed by atoms with E-state index in [1.165, 1.54) is 0 Å². The Bertz CT molecular complexity index is 912. The molecule has 7 heteroatoms. The van der Waals surface area contributed by atoms with Crippen molar-refractivity contribution >= 4 is 17.5 Å². The molecule has 3 aromatic rings. The summed E-state index contributed by atoms with van der Waals surface area (Å²) in [5.41, 5.74) is 2.59. The van der Waals surface area contributed by atoms with Crippen LogP contribution in [0, 0.1) is 0 Å². The number of ketones is 1. The van der Waals surface area contributed by atoms with Gasteiger partial charge in [-0.15, -0.1) is 10.2 Å². The second-order valence-electron chi connectivity index (χ2n) is 5.98. The van der Waals surface area contributed by atoms with Crippen molar-refractivity contribution < 1.29 is 9.18 Å². The average Bonchev–Trinajstić information content (AvgIpc) is 3.06. The van der Waals surface area contributed by atoms with Crippen LogP contribution in [0.25, 0.3) is 0 Å². The molecule has 5 nitrogen and oxygen atoms in total. The first-order valence-electron chi connectivity index (χ1n) is 8.21. The number of aryl methyl sites for hydroxylation is 1. The van der Waals surface area contributed by atoms with Crippen molar-refractivity contribution in [3.8, 4) is 0 Å². The van der Waals surface area contributed by atoms with Crippen LogP contribution in [0.5, 0.6) is 0 Å². The molecular formula is C19H19FN4OS. The van der Waals surface area contributed by atoms with Crippen molar-refractivity contribution in [2.75, 3.05) is 0 Å². The Kier molecular flexibility index (Phi) is 5.78. The Labute approximate surface area is 155 Å². The van der Waals surface area contributed by atoms with Gasteiger partial charge in [-0.25, -0.2) is 9.37 Å². The number of rotatable bonds is 7. The van der Waals surface area contributed by atoms with E-state index in [1.54, 1.807) is 36.3 Å². The van der Waals surface area contributed by atoms with E-state index in [0.29, 0.717) is 5.69 Å². The highest BCUT2D eigenvalue weighted by atomic mass is 32.2. The summed E-state index contributed by atoms with van der Waals surface area (Å²) in [7, 11) is 1.91. The highest BCUT2D eigenvalue weighted by Crippen LogP contribution is 2.33. The van der Waals surface area contributed by atoms with Crippen molar-refractivity contribution in [3.05, 3.63) is 71.3 Å². The number of hydrogen-bond donors (Lipinski definition) is 0. The molecule has 0 aliphatic carbocycles. The molecule has 0 radical (unpaired) electrons. The smallest absolute Gasteiger partial charge is 0.191 e. The molecule has 0 amide bonds. The van der Waals surface area contributed by atoms with Crippen LogP contribution in [0.4, 0.5) is 4.39 Å². The predicted molar refractivity (Wildman–Crippen MR) is 98.8 cm³/mol. The number of aromatic nitrogens is 4. The molecule has 1 aromatic carbocycles. The molecule has 2 heterocycles. The third-order valence-electron chi connectivity index (χ3n) is 3.97. The standard InChI is InChI=1S/C19H19FN4OS/c1-13(26-19-23-21-12-24(19)2)15-6-3-5-14(9-15)10-18(25)17-8-4-7-16(11-20)22-17/h3-9,12-13H,10-11H2,1-2H3/t13-/m0/s1. The fraction of sp³-hybridized carbons (Fsp3) is 0.263. The molecule has 2 aromatic heterocycles. The molecule has 0 saturated heterocycles. The van der Waals surface area contributed by atoms with Crippen molar-refractivity contribution in [1.82, 2.24) is 19.7 Å². The molecule has 0 spiro atoms. The average molecular weight is 370 g/mol. The SMILES string of the molecule is C[C@H](Sc1nncn1C)c1cccc(CC(=O)c2cccc(CF)n2)c1. The van der Waals surface area contributed by atoms with Gasteiger partial charge in [0.1, 0.15) is 18.7 Å². The molecule has 0 fully saturated rings. The zero-order chi connectivity index (χ0) is 18.5. The normalized spacial score (nSPS) is 12.1. The van der Waals surface area contributed by atoms with Gasteiger partial charge in [0.05, 0.1) is 5.69 Å². The summed E-state index contributed by atoms with van der Waals surface area (Å²) in [6, 6.07) is 12.8. The maximum atomic E-state index is 12.7. The fourth-order valence-corrected chi connectivity index (χ4v) is 3.45. The quantitative estimate of drug-likeness (QED) is 0.465. The van der Waals surface area contributed by atoms with Gasteiger partial charge in [-0.2, -0.15) is 0 Å². The monoisotopic (exact) mass is 370 g/mol. The second kappa shape index (κ2) is 8.23. The van der Waals surface area contributed by atoms with Gasteiger partial charge >= 0.3 is 0 Å². The lowest BCUT2D eigenvalue weighted by Crippen LogP contribution is -2.07. The van der Waals surface area contributed by atoms with E-state index in [9.17, 15) is 9.18 Å². The third kappa shape index (κ3) is 4.35. The van der Waals surface area contributed by atoms with E-state index in [2.05, 4.69) is 22.1 Å². The Hall–Kier alpha value is -2.54. The topological polar surface area (TPSA) is 60.7 Å². The van der Waals surface area contributed by atoms with Crippen LogP contribution < -0.4 is 0 Å². The summed E-state index contributed by atoms with van der Waals surface area (Å²) in [5.74, 6) is -0.119. The minimum Gasteiger partial charge on any atom is -0.312 e. The Balaban J connectivity index is 1.72. The summed E-state index contributed by atoms with van der Waals surface area (Å²) < 4.78 is 14.6. The van der Waals surface area contributed by atoms with E-state index in [4.69, 9.17) is 0 Å². The Morgan fingerprint density at radius 1 is 1.27 bits per heavy atom. The molecule has 0 saturated carbocycles. The number of nitrogens with zero attached hydrogens (tertiary/aromatic N) is 4. The fourth-order valence-electron chi connectivity index (χ4n) is 2.55. The minimum absolute atomic E-state index is 0.119. The largest absolute Gasteiger partial charge is 0.312 e. The Morgan fingerprint density at radius 3 is 2.81 bits per heavy atom. The molecule has 134 valence electrons. The van der Waals surface area contributed by atoms with Crippen molar-refractivity contribution in [2.24, 2.45) is 7.05 Å². The number of Topliss-reactive ketones (excluding diaryl/α,β-unsaturated/α-hetero) is 1. The third-order valence-corrected chi connectivity index (χ3v) is 5.17. The molecule has 3 rings (SSSR count). The minimum atomic E-state index is -0.673. The van der Waals surface area contributed by atoms with Crippen molar-refractivity contribution in [1.29, 1.82) is 0 Å². The van der Waals surface area contributed by atoms with Crippen LogP contribution in [0.2, 0.25) is 0 Å². The lowest BCUT2D eigenvalue weighted by atomic mass is 10.0. The number of halogens is 1. The maximum Gasteiger partial charge on any atom is 0.191 e. The summed E-state index contributed by atoms with van der Waals surface area (Å²) in [5, 5.41) is 8.98. The molecule has 0 unspecified atom stereocenters. The van der Waals surface area contributed by atoms with Gasteiger partial charge < -0.3 is 4.57 Å². The van der Waals surface area contributed by atoms with E-state index < -0.39 is 6.67 Å². The number of alkyl halides is 1. The molecule has 26 heavy (non-hydrogen) atoms. The van der Waals surface area contributed by atoms with Gasteiger partial charge in [-0.3, -0.25) is 4.79 Å². The van der Waals surface area contributed by atoms with Crippen LogP contribution in [0.1, 0.15) is 39.5 Å². The number of pyridine rings is 1. The summed E-state index contributed by atoms with van der Waals surface area (Å²) in [4.78, 5) is 16.5. The number of thioether (sulfide) groups is 1. The van der Waals surface area contributed by atoms with Crippen LogP contribution in [0.3, 0.4) is 0 Å². The van der Waals surface area contributed by atoms with Crippen LogP contribution >= 0.6 is 11.8 Å². The first-order valence-corrected chi connectivity index (χ1v) is 9.09. The molecule has 0 aliphatic heterocycles. The van der Waals surface area contributed by atoms with Gasteiger partial charge in [-0.05, 0) is 30.2 Å². The van der Waals surface area contributed by atoms with Crippen molar-refractivity contribution in [3.63, 3.8) is 0 Å². The first kappa shape index (κ1) is 18.3.